The van der Waals surface area contributed by atoms with Gasteiger partial charge in [-0.3, -0.25) is 9.36 Å². The molecule has 0 saturated heterocycles. The van der Waals surface area contributed by atoms with Gasteiger partial charge in [0.2, 0.25) is 5.91 Å². The largest absolute Gasteiger partial charge is 0.326 e. The number of benzene rings is 1. The number of anilines is 1. The van der Waals surface area contributed by atoms with Crippen molar-refractivity contribution in [2.45, 2.75) is 13.8 Å². The van der Waals surface area contributed by atoms with E-state index in [0.717, 1.165) is 11.0 Å². The molecule has 5 nitrogen and oxygen atoms in total. The summed E-state index contributed by atoms with van der Waals surface area (Å²) in [6, 6.07) is 5.36. The SMILES string of the molecule is CC(C)C(=O)Nc1ccc2c(c1)[nH]c(=O)n2C. The first-order valence-corrected chi connectivity index (χ1v) is 5.48. The lowest BCUT2D eigenvalue weighted by Crippen LogP contribution is -2.17. The number of nitrogens with zero attached hydrogens (tertiary/aromatic N) is 1. The van der Waals surface area contributed by atoms with E-state index in [1.165, 1.54) is 4.57 Å². The number of carbonyl (C=O) groups excluding carboxylic acids is 1. The van der Waals surface area contributed by atoms with Crippen LogP contribution in [-0.2, 0) is 11.8 Å². The Kier molecular flexibility index (Phi) is 2.75. The van der Waals surface area contributed by atoms with E-state index in [1.54, 1.807) is 19.2 Å². The zero-order valence-corrected chi connectivity index (χ0v) is 10.1. The lowest BCUT2D eigenvalue weighted by atomic mass is 10.2. The number of amides is 1. The molecule has 1 aromatic carbocycles. The summed E-state index contributed by atoms with van der Waals surface area (Å²) in [4.78, 5) is 25.7. The van der Waals surface area contributed by atoms with Crippen molar-refractivity contribution in [2.24, 2.45) is 13.0 Å². The molecule has 2 aromatic rings. The predicted molar refractivity (Wildman–Crippen MR) is 67.0 cm³/mol. The highest BCUT2D eigenvalue weighted by atomic mass is 16.2. The smallest absolute Gasteiger partial charge is 0.326 e. The van der Waals surface area contributed by atoms with Crippen molar-refractivity contribution in [3.8, 4) is 0 Å². The fourth-order valence-electron chi connectivity index (χ4n) is 1.60. The monoisotopic (exact) mass is 233 g/mol. The fraction of sp³-hybridized carbons (Fsp3) is 0.333. The maximum atomic E-state index is 11.5. The van der Waals surface area contributed by atoms with E-state index in [-0.39, 0.29) is 17.5 Å². The number of H-pyrrole nitrogens is 1. The van der Waals surface area contributed by atoms with E-state index in [2.05, 4.69) is 10.3 Å². The number of hydrogen-bond donors (Lipinski definition) is 2. The van der Waals surface area contributed by atoms with Gasteiger partial charge in [0.05, 0.1) is 11.0 Å². The second kappa shape index (κ2) is 4.08. The number of nitrogens with one attached hydrogen (secondary N) is 2. The normalized spacial score (nSPS) is 11.1. The van der Waals surface area contributed by atoms with E-state index in [4.69, 9.17) is 0 Å². The van der Waals surface area contributed by atoms with Gasteiger partial charge in [0.15, 0.2) is 0 Å². The van der Waals surface area contributed by atoms with Crippen LogP contribution >= 0.6 is 0 Å². The molecule has 2 N–H and O–H groups in total. The Bertz CT molecular complexity index is 622. The Morgan fingerprint density at radius 2 is 2.12 bits per heavy atom. The van der Waals surface area contributed by atoms with Crippen molar-refractivity contribution in [1.29, 1.82) is 0 Å². The zero-order valence-electron chi connectivity index (χ0n) is 10.1. The molecule has 90 valence electrons. The van der Waals surface area contributed by atoms with Gasteiger partial charge in [0.1, 0.15) is 0 Å². The molecule has 0 aliphatic carbocycles. The quantitative estimate of drug-likeness (QED) is 0.824. The molecule has 1 aromatic heterocycles. The molecule has 5 heteroatoms. The van der Waals surface area contributed by atoms with E-state index >= 15 is 0 Å². The third-order valence-electron chi connectivity index (χ3n) is 2.70. The lowest BCUT2D eigenvalue weighted by Gasteiger charge is -2.07. The summed E-state index contributed by atoms with van der Waals surface area (Å²) in [6.07, 6.45) is 0. The molecule has 0 aliphatic rings. The van der Waals surface area contributed by atoms with E-state index in [9.17, 15) is 9.59 Å². The van der Waals surface area contributed by atoms with E-state index < -0.39 is 0 Å². The zero-order chi connectivity index (χ0) is 12.6. The summed E-state index contributed by atoms with van der Waals surface area (Å²) in [5.41, 5.74) is 2.07. The van der Waals surface area contributed by atoms with E-state index in [1.807, 2.05) is 19.9 Å². The highest BCUT2D eigenvalue weighted by Crippen LogP contribution is 2.16. The average molecular weight is 233 g/mol. The minimum absolute atomic E-state index is 0.0392. The van der Waals surface area contributed by atoms with Gasteiger partial charge in [-0.15, -0.1) is 0 Å². The Morgan fingerprint density at radius 3 is 2.76 bits per heavy atom. The first-order valence-electron chi connectivity index (χ1n) is 5.48. The van der Waals surface area contributed by atoms with Crippen LogP contribution in [0.15, 0.2) is 23.0 Å². The van der Waals surface area contributed by atoms with Crippen LogP contribution in [0, 0.1) is 5.92 Å². The van der Waals surface area contributed by atoms with Gasteiger partial charge in [0.25, 0.3) is 0 Å². The minimum Gasteiger partial charge on any atom is -0.326 e. The number of hydrogen-bond acceptors (Lipinski definition) is 2. The molecule has 0 bridgehead atoms. The Hall–Kier alpha value is -2.04. The maximum absolute atomic E-state index is 11.5. The summed E-state index contributed by atoms with van der Waals surface area (Å²) < 4.78 is 1.53. The molecule has 0 radical (unpaired) electrons. The molecule has 0 aliphatic heterocycles. The van der Waals surface area contributed by atoms with Crippen LogP contribution in [0.25, 0.3) is 11.0 Å². The van der Waals surface area contributed by atoms with Crippen molar-refractivity contribution >= 4 is 22.6 Å². The molecule has 0 fully saturated rings. The van der Waals surface area contributed by atoms with Crippen molar-refractivity contribution in [3.05, 3.63) is 28.7 Å². The number of aryl methyl sites for hydroxylation is 1. The maximum Gasteiger partial charge on any atom is 0.326 e. The van der Waals surface area contributed by atoms with Crippen molar-refractivity contribution < 1.29 is 4.79 Å². The molecule has 2 rings (SSSR count). The highest BCUT2D eigenvalue weighted by molar-refractivity contribution is 5.94. The molecule has 1 heterocycles. The molecule has 1 amide bonds. The number of imidazole rings is 1. The molecule has 0 atom stereocenters. The minimum atomic E-state index is -0.160. The summed E-state index contributed by atoms with van der Waals surface area (Å²) >= 11 is 0. The van der Waals surface area contributed by atoms with Crippen LogP contribution < -0.4 is 11.0 Å². The molecular weight excluding hydrogens is 218 g/mol. The molecular formula is C12H15N3O2. The first kappa shape index (κ1) is 11.4. The van der Waals surface area contributed by atoms with Gasteiger partial charge >= 0.3 is 5.69 Å². The topological polar surface area (TPSA) is 66.9 Å². The van der Waals surface area contributed by atoms with Crippen LogP contribution in [0.4, 0.5) is 5.69 Å². The Labute approximate surface area is 98.4 Å². The highest BCUT2D eigenvalue weighted by Gasteiger charge is 2.08. The molecule has 0 spiro atoms. The molecule has 17 heavy (non-hydrogen) atoms. The summed E-state index contributed by atoms with van der Waals surface area (Å²) in [7, 11) is 1.70. The van der Waals surface area contributed by atoms with Gasteiger partial charge in [-0.1, -0.05) is 13.8 Å². The van der Waals surface area contributed by atoms with Crippen LogP contribution in [0.1, 0.15) is 13.8 Å². The second-order valence-corrected chi connectivity index (χ2v) is 4.37. The predicted octanol–water partition coefficient (Wildman–Crippen LogP) is 1.46. The molecule has 0 unspecified atom stereocenters. The molecule has 0 saturated carbocycles. The van der Waals surface area contributed by atoms with Crippen LogP contribution in [0.3, 0.4) is 0 Å². The van der Waals surface area contributed by atoms with Crippen molar-refractivity contribution in [1.82, 2.24) is 9.55 Å². The number of aromatic nitrogens is 2. The van der Waals surface area contributed by atoms with Gasteiger partial charge in [-0.25, -0.2) is 4.79 Å². The summed E-state index contributed by atoms with van der Waals surface area (Å²) in [5.74, 6) is -0.108. The van der Waals surface area contributed by atoms with Gasteiger partial charge in [-0.2, -0.15) is 0 Å². The Balaban J connectivity index is 2.39. The van der Waals surface area contributed by atoms with E-state index in [0.29, 0.717) is 5.69 Å². The Morgan fingerprint density at radius 1 is 1.41 bits per heavy atom. The van der Waals surface area contributed by atoms with Gasteiger partial charge < -0.3 is 10.3 Å². The summed E-state index contributed by atoms with van der Waals surface area (Å²) in [5, 5.41) is 2.79. The van der Waals surface area contributed by atoms with Crippen molar-refractivity contribution in [2.75, 3.05) is 5.32 Å². The summed E-state index contributed by atoms with van der Waals surface area (Å²) in [6.45, 7) is 3.66. The van der Waals surface area contributed by atoms with Crippen LogP contribution in [0.5, 0.6) is 0 Å². The fourth-order valence-corrected chi connectivity index (χ4v) is 1.60. The van der Waals surface area contributed by atoms with Gasteiger partial charge in [0, 0.05) is 18.7 Å². The number of rotatable bonds is 2. The number of fused-ring (bicyclic) bond motifs is 1. The first-order chi connectivity index (χ1) is 7.99. The number of carbonyl (C=O) groups is 1. The van der Waals surface area contributed by atoms with Crippen molar-refractivity contribution in [3.63, 3.8) is 0 Å². The van der Waals surface area contributed by atoms with Crippen LogP contribution in [-0.4, -0.2) is 15.5 Å². The standard InChI is InChI=1S/C12H15N3O2/c1-7(2)11(16)13-8-4-5-10-9(6-8)14-12(17)15(10)3/h4-7H,1-3H3,(H,13,16)(H,14,17). The number of aromatic amines is 1. The third kappa shape index (κ3) is 2.08. The average Bonchev–Trinajstić information content (AvgIpc) is 2.54. The van der Waals surface area contributed by atoms with Gasteiger partial charge in [-0.05, 0) is 18.2 Å². The third-order valence-corrected chi connectivity index (χ3v) is 2.70. The lowest BCUT2D eigenvalue weighted by molar-refractivity contribution is -0.118. The van der Waals surface area contributed by atoms with Crippen LogP contribution in [0.2, 0.25) is 0 Å². The second-order valence-electron chi connectivity index (χ2n) is 4.37.